The standard InChI is InChI=1S/C16H16N4O/c17-16(19-21)13(12-6-2-1-3-7-12)10-20-11-18-14-8-4-5-9-15(14)20/h1-9,11,13,21H,10H2,(H2,17,19). The molecule has 1 atom stereocenters. The molecule has 1 aromatic heterocycles. The monoisotopic (exact) mass is 280 g/mol. The Balaban J connectivity index is 1.99. The Hall–Kier alpha value is -2.82. The number of imidazole rings is 1. The van der Waals surface area contributed by atoms with Crippen LogP contribution in [0.5, 0.6) is 0 Å². The number of nitrogens with two attached hydrogens (primary N) is 1. The molecule has 5 heteroatoms. The lowest BCUT2D eigenvalue weighted by atomic mass is 9.98. The minimum atomic E-state index is -0.200. The van der Waals surface area contributed by atoms with Crippen molar-refractivity contribution in [1.29, 1.82) is 0 Å². The van der Waals surface area contributed by atoms with E-state index < -0.39 is 0 Å². The van der Waals surface area contributed by atoms with Crippen LogP contribution in [0, 0.1) is 0 Å². The number of amidine groups is 1. The van der Waals surface area contributed by atoms with Gasteiger partial charge in [0.25, 0.3) is 0 Å². The van der Waals surface area contributed by atoms with Crippen LogP contribution in [0.25, 0.3) is 11.0 Å². The largest absolute Gasteiger partial charge is 0.409 e. The quantitative estimate of drug-likeness (QED) is 0.334. The molecule has 1 heterocycles. The minimum absolute atomic E-state index is 0.194. The Morgan fingerprint density at radius 1 is 1.14 bits per heavy atom. The van der Waals surface area contributed by atoms with Gasteiger partial charge in [-0.1, -0.05) is 47.6 Å². The van der Waals surface area contributed by atoms with Crippen LogP contribution in [0.1, 0.15) is 11.5 Å². The molecule has 0 aliphatic heterocycles. The maximum atomic E-state index is 9.05. The normalized spacial score (nSPS) is 13.4. The average molecular weight is 280 g/mol. The molecule has 1 unspecified atom stereocenters. The number of oxime groups is 1. The highest BCUT2D eigenvalue weighted by Gasteiger charge is 2.18. The number of para-hydroxylation sites is 2. The number of fused-ring (bicyclic) bond motifs is 1. The maximum absolute atomic E-state index is 9.05. The van der Waals surface area contributed by atoms with Crippen LogP contribution in [-0.4, -0.2) is 20.6 Å². The zero-order valence-corrected chi connectivity index (χ0v) is 11.4. The SMILES string of the molecule is NC(=NO)C(Cn1cnc2ccccc21)c1ccccc1. The van der Waals surface area contributed by atoms with Gasteiger partial charge < -0.3 is 15.5 Å². The number of nitrogens with zero attached hydrogens (tertiary/aromatic N) is 3. The molecule has 0 spiro atoms. The van der Waals surface area contributed by atoms with Crippen LogP contribution >= 0.6 is 0 Å². The van der Waals surface area contributed by atoms with E-state index in [1.54, 1.807) is 6.33 Å². The first-order chi connectivity index (χ1) is 10.3. The van der Waals surface area contributed by atoms with Crippen molar-refractivity contribution in [3.8, 4) is 0 Å². The number of rotatable bonds is 4. The van der Waals surface area contributed by atoms with E-state index in [-0.39, 0.29) is 11.8 Å². The summed E-state index contributed by atoms with van der Waals surface area (Å²) >= 11 is 0. The van der Waals surface area contributed by atoms with Gasteiger partial charge >= 0.3 is 0 Å². The van der Waals surface area contributed by atoms with E-state index in [9.17, 15) is 0 Å². The van der Waals surface area contributed by atoms with E-state index in [1.165, 1.54) is 0 Å². The highest BCUT2D eigenvalue weighted by Crippen LogP contribution is 2.21. The third-order valence-electron chi connectivity index (χ3n) is 3.58. The van der Waals surface area contributed by atoms with Gasteiger partial charge in [-0.25, -0.2) is 4.98 Å². The minimum Gasteiger partial charge on any atom is -0.409 e. The lowest BCUT2D eigenvalue weighted by Crippen LogP contribution is -2.25. The molecular formula is C16H16N4O. The van der Waals surface area contributed by atoms with Gasteiger partial charge in [0, 0.05) is 6.54 Å². The summed E-state index contributed by atoms with van der Waals surface area (Å²) in [5.41, 5.74) is 8.85. The molecule has 0 bridgehead atoms. The molecule has 0 saturated carbocycles. The van der Waals surface area contributed by atoms with Crippen molar-refractivity contribution in [2.24, 2.45) is 10.9 Å². The Bertz CT molecular complexity index is 764. The summed E-state index contributed by atoms with van der Waals surface area (Å²) < 4.78 is 2.02. The molecule has 106 valence electrons. The summed E-state index contributed by atoms with van der Waals surface area (Å²) in [5, 5.41) is 12.2. The van der Waals surface area contributed by atoms with Crippen molar-refractivity contribution in [3.05, 3.63) is 66.5 Å². The van der Waals surface area contributed by atoms with E-state index in [1.807, 2.05) is 59.2 Å². The number of hydrogen-bond donors (Lipinski definition) is 2. The second-order valence-corrected chi connectivity index (χ2v) is 4.87. The smallest absolute Gasteiger partial charge is 0.148 e. The summed E-state index contributed by atoms with van der Waals surface area (Å²) in [6.07, 6.45) is 1.78. The van der Waals surface area contributed by atoms with Crippen LogP contribution in [0.4, 0.5) is 0 Å². The molecule has 3 rings (SSSR count). The fourth-order valence-corrected chi connectivity index (χ4v) is 2.48. The zero-order chi connectivity index (χ0) is 14.7. The number of benzene rings is 2. The van der Waals surface area contributed by atoms with Gasteiger partial charge in [0.2, 0.25) is 0 Å². The van der Waals surface area contributed by atoms with E-state index >= 15 is 0 Å². The number of aromatic nitrogens is 2. The predicted octanol–water partition coefficient (Wildman–Crippen LogP) is 2.57. The zero-order valence-electron chi connectivity index (χ0n) is 11.4. The number of hydrogen-bond acceptors (Lipinski definition) is 3. The Morgan fingerprint density at radius 2 is 1.86 bits per heavy atom. The van der Waals surface area contributed by atoms with Crippen LogP contribution in [0.3, 0.4) is 0 Å². The molecular weight excluding hydrogens is 264 g/mol. The van der Waals surface area contributed by atoms with Gasteiger partial charge in [-0.2, -0.15) is 0 Å². The van der Waals surface area contributed by atoms with Crippen LogP contribution < -0.4 is 5.73 Å². The van der Waals surface area contributed by atoms with Crippen molar-refractivity contribution in [1.82, 2.24) is 9.55 Å². The Morgan fingerprint density at radius 3 is 2.62 bits per heavy atom. The van der Waals surface area contributed by atoms with Gasteiger partial charge in [0.15, 0.2) is 0 Å². The van der Waals surface area contributed by atoms with Crippen molar-refractivity contribution >= 4 is 16.9 Å². The molecule has 0 radical (unpaired) electrons. The lowest BCUT2D eigenvalue weighted by molar-refractivity contribution is 0.315. The fourth-order valence-electron chi connectivity index (χ4n) is 2.48. The molecule has 21 heavy (non-hydrogen) atoms. The molecule has 5 nitrogen and oxygen atoms in total. The summed E-state index contributed by atoms with van der Waals surface area (Å²) in [5.74, 6) is -0.00668. The second-order valence-electron chi connectivity index (χ2n) is 4.87. The Kier molecular flexibility index (Phi) is 3.55. The van der Waals surface area contributed by atoms with E-state index in [2.05, 4.69) is 10.1 Å². The second kappa shape index (κ2) is 5.66. The highest BCUT2D eigenvalue weighted by molar-refractivity contribution is 5.87. The molecule has 0 saturated heterocycles. The van der Waals surface area contributed by atoms with E-state index in [4.69, 9.17) is 10.9 Å². The predicted molar refractivity (Wildman–Crippen MR) is 82.3 cm³/mol. The van der Waals surface area contributed by atoms with Crippen molar-refractivity contribution < 1.29 is 5.21 Å². The topological polar surface area (TPSA) is 76.4 Å². The fraction of sp³-hybridized carbons (Fsp3) is 0.125. The van der Waals surface area contributed by atoms with E-state index in [0.29, 0.717) is 6.54 Å². The van der Waals surface area contributed by atoms with Crippen LogP contribution in [-0.2, 0) is 6.54 Å². The van der Waals surface area contributed by atoms with Crippen molar-refractivity contribution in [2.45, 2.75) is 12.5 Å². The summed E-state index contributed by atoms with van der Waals surface area (Å²) in [4.78, 5) is 4.37. The van der Waals surface area contributed by atoms with E-state index in [0.717, 1.165) is 16.6 Å². The van der Waals surface area contributed by atoms with Gasteiger partial charge in [0.05, 0.1) is 23.3 Å². The van der Waals surface area contributed by atoms with Gasteiger partial charge in [-0.15, -0.1) is 0 Å². The third-order valence-corrected chi connectivity index (χ3v) is 3.58. The molecule has 0 fully saturated rings. The first kappa shape index (κ1) is 13.2. The molecule has 3 aromatic rings. The highest BCUT2D eigenvalue weighted by atomic mass is 16.4. The summed E-state index contributed by atoms with van der Waals surface area (Å²) in [6.45, 7) is 0.570. The molecule has 0 amide bonds. The van der Waals surface area contributed by atoms with Gasteiger partial charge in [0.1, 0.15) is 5.84 Å². The maximum Gasteiger partial charge on any atom is 0.148 e. The molecule has 3 N–H and O–H groups in total. The molecule has 2 aromatic carbocycles. The van der Waals surface area contributed by atoms with Gasteiger partial charge in [-0.05, 0) is 17.7 Å². The molecule has 0 aliphatic carbocycles. The summed E-state index contributed by atoms with van der Waals surface area (Å²) in [7, 11) is 0. The lowest BCUT2D eigenvalue weighted by Gasteiger charge is -2.17. The van der Waals surface area contributed by atoms with Crippen LogP contribution in [0.15, 0.2) is 66.1 Å². The van der Waals surface area contributed by atoms with Crippen LogP contribution in [0.2, 0.25) is 0 Å². The third kappa shape index (κ3) is 2.58. The van der Waals surface area contributed by atoms with Gasteiger partial charge in [-0.3, -0.25) is 0 Å². The molecule has 0 aliphatic rings. The van der Waals surface area contributed by atoms with Crippen molar-refractivity contribution in [3.63, 3.8) is 0 Å². The first-order valence-electron chi connectivity index (χ1n) is 6.72. The summed E-state index contributed by atoms with van der Waals surface area (Å²) in [6, 6.07) is 17.7. The Labute approximate surface area is 122 Å². The first-order valence-corrected chi connectivity index (χ1v) is 6.72. The average Bonchev–Trinajstić information content (AvgIpc) is 2.96. The van der Waals surface area contributed by atoms with Crippen molar-refractivity contribution in [2.75, 3.05) is 0 Å².